The molecule has 5 nitrogen and oxygen atoms in total. The van der Waals surface area contributed by atoms with E-state index in [9.17, 15) is 0 Å². The monoisotopic (exact) mass is 480 g/mol. The van der Waals surface area contributed by atoms with Gasteiger partial charge in [0.15, 0.2) is 5.96 Å². The van der Waals surface area contributed by atoms with Crippen molar-refractivity contribution in [3.8, 4) is 0 Å². The van der Waals surface area contributed by atoms with Gasteiger partial charge in [-0.1, -0.05) is 13.0 Å². The summed E-state index contributed by atoms with van der Waals surface area (Å²) in [7, 11) is 1.77. The SMILES string of the molecule is CCNC(=NCC(C)c1cccs1)NCC1CCCN1CCOC.I. The molecule has 0 spiro atoms. The fourth-order valence-electron chi connectivity index (χ4n) is 3.08. The number of nitrogens with one attached hydrogen (secondary N) is 2. The average Bonchev–Trinajstić information content (AvgIpc) is 3.26. The highest BCUT2D eigenvalue weighted by Crippen LogP contribution is 2.20. The van der Waals surface area contributed by atoms with E-state index in [4.69, 9.17) is 9.73 Å². The van der Waals surface area contributed by atoms with Gasteiger partial charge in [0.2, 0.25) is 0 Å². The molecule has 1 saturated heterocycles. The van der Waals surface area contributed by atoms with Crippen LogP contribution in [0.2, 0.25) is 0 Å². The van der Waals surface area contributed by atoms with Gasteiger partial charge in [-0.3, -0.25) is 9.89 Å². The lowest BCUT2D eigenvalue weighted by atomic mass is 10.1. The number of hydrogen-bond donors (Lipinski definition) is 2. The summed E-state index contributed by atoms with van der Waals surface area (Å²) in [5, 5.41) is 9.03. The van der Waals surface area contributed by atoms with Crippen molar-refractivity contribution in [2.75, 3.05) is 46.4 Å². The van der Waals surface area contributed by atoms with Crippen molar-refractivity contribution >= 4 is 41.3 Å². The summed E-state index contributed by atoms with van der Waals surface area (Å²) in [6.07, 6.45) is 2.53. The lowest BCUT2D eigenvalue weighted by Crippen LogP contribution is -2.45. The number of halogens is 1. The molecule has 1 fully saturated rings. The number of thiophene rings is 1. The van der Waals surface area contributed by atoms with Crippen molar-refractivity contribution in [1.29, 1.82) is 0 Å². The number of aliphatic imine (C=N–C) groups is 1. The number of methoxy groups -OCH3 is 1. The molecule has 1 aliphatic rings. The lowest BCUT2D eigenvalue weighted by molar-refractivity contribution is 0.141. The Hall–Kier alpha value is -0.380. The highest BCUT2D eigenvalue weighted by molar-refractivity contribution is 14.0. The predicted octanol–water partition coefficient (Wildman–Crippen LogP) is 3.14. The molecule has 0 aromatic carbocycles. The zero-order chi connectivity index (χ0) is 17.2. The van der Waals surface area contributed by atoms with E-state index in [1.165, 1.54) is 24.3 Å². The third kappa shape index (κ3) is 7.80. The number of rotatable bonds is 9. The first-order valence-electron chi connectivity index (χ1n) is 9.03. The lowest BCUT2D eigenvalue weighted by Gasteiger charge is -2.25. The maximum atomic E-state index is 5.22. The van der Waals surface area contributed by atoms with Crippen LogP contribution < -0.4 is 10.6 Å². The van der Waals surface area contributed by atoms with E-state index in [0.29, 0.717) is 12.0 Å². The van der Waals surface area contributed by atoms with Gasteiger partial charge in [0, 0.05) is 43.6 Å². The first kappa shape index (κ1) is 22.7. The molecule has 0 bridgehead atoms. The first-order valence-corrected chi connectivity index (χ1v) is 9.91. The Kier molecular flexibility index (Phi) is 11.7. The molecule has 1 aromatic rings. The Balaban J connectivity index is 0.00000312. The second-order valence-corrected chi connectivity index (χ2v) is 7.32. The summed E-state index contributed by atoms with van der Waals surface area (Å²) < 4.78 is 5.22. The van der Waals surface area contributed by atoms with Crippen molar-refractivity contribution in [3.05, 3.63) is 22.4 Å². The van der Waals surface area contributed by atoms with Crippen LogP contribution in [0.3, 0.4) is 0 Å². The van der Waals surface area contributed by atoms with Gasteiger partial charge in [-0.05, 0) is 37.8 Å². The van der Waals surface area contributed by atoms with Crippen LogP contribution in [0.5, 0.6) is 0 Å². The predicted molar refractivity (Wildman–Crippen MR) is 119 cm³/mol. The van der Waals surface area contributed by atoms with Crippen molar-refractivity contribution in [1.82, 2.24) is 15.5 Å². The summed E-state index contributed by atoms with van der Waals surface area (Å²) in [5.74, 6) is 1.39. The number of guanidine groups is 1. The van der Waals surface area contributed by atoms with Crippen molar-refractivity contribution < 1.29 is 4.74 Å². The molecule has 7 heteroatoms. The summed E-state index contributed by atoms with van der Waals surface area (Å²) >= 11 is 1.81. The highest BCUT2D eigenvalue weighted by Gasteiger charge is 2.23. The maximum absolute atomic E-state index is 5.22. The molecule has 0 aliphatic carbocycles. The molecule has 0 radical (unpaired) electrons. The average molecular weight is 480 g/mol. The van der Waals surface area contributed by atoms with Gasteiger partial charge in [-0.2, -0.15) is 0 Å². The van der Waals surface area contributed by atoms with Gasteiger partial charge in [-0.25, -0.2) is 0 Å². The van der Waals surface area contributed by atoms with Crippen LogP contribution >= 0.6 is 35.3 Å². The second kappa shape index (κ2) is 12.9. The van der Waals surface area contributed by atoms with Crippen LogP contribution in [0.25, 0.3) is 0 Å². The van der Waals surface area contributed by atoms with Gasteiger partial charge in [0.1, 0.15) is 0 Å². The van der Waals surface area contributed by atoms with Gasteiger partial charge in [-0.15, -0.1) is 35.3 Å². The molecule has 2 heterocycles. The first-order chi connectivity index (χ1) is 11.7. The third-order valence-corrected chi connectivity index (χ3v) is 5.59. The standard InChI is InChI=1S/C18H32N4OS.HI/c1-4-19-18(20-13-15(2)17-8-6-12-24-17)21-14-16-7-5-9-22(16)10-11-23-3;/h6,8,12,15-16H,4-5,7,9-11,13-14H2,1-3H3,(H2,19,20,21);1H. The zero-order valence-electron chi connectivity index (χ0n) is 15.7. The van der Waals surface area contributed by atoms with E-state index in [-0.39, 0.29) is 24.0 Å². The van der Waals surface area contributed by atoms with E-state index in [2.05, 4.69) is 46.9 Å². The van der Waals surface area contributed by atoms with Crippen LogP contribution in [-0.4, -0.2) is 63.3 Å². The molecule has 25 heavy (non-hydrogen) atoms. The fourth-order valence-corrected chi connectivity index (χ4v) is 3.85. The van der Waals surface area contributed by atoms with E-state index in [1.807, 2.05) is 11.3 Å². The number of hydrogen-bond acceptors (Lipinski definition) is 4. The topological polar surface area (TPSA) is 48.9 Å². The van der Waals surface area contributed by atoms with E-state index >= 15 is 0 Å². The molecular weight excluding hydrogens is 447 g/mol. The number of likely N-dealkylation sites (tertiary alicyclic amines) is 1. The molecule has 2 rings (SSSR count). The van der Waals surface area contributed by atoms with E-state index in [0.717, 1.165) is 38.7 Å². The Labute approximate surface area is 173 Å². The molecule has 2 N–H and O–H groups in total. The van der Waals surface area contributed by atoms with Crippen molar-refractivity contribution in [2.24, 2.45) is 4.99 Å². The molecule has 0 amide bonds. The minimum absolute atomic E-state index is 0. The van der Waals surface area contributed by atoms with Crippen LogP contribution in [-0.2, 0) is 4.74 Å². The minimum atomic E-state index is 0. The molecule has 1 aliphatic heterocycles. The largest absolute Gasteiger partial charge is 0.383 e. The highest BCUT2D eigenvalue weighted by atomic mass is 127. The third-order valence-electron chi connectivity index (χ3n) is 4.48. The van der Waals surface area contributed by atoms with Gasteiger partial charge in [0.25, 0.3) is 0 Å². The maximum Gasteiger partial charge on any atom is 0.191 e. The van der Waals surface area contributed by atoms with Crippen LogP contribution in [0.4, 0.5) is 0 Å². The quantitative estimate of drug-likeness (QED) is 0.324. The summed E-state index contributed by atoms with van der Waals surface area (Å²) in [6, 6.07) is 4.88. The second-order valence-electron chi connectivity index (χ2n) is 6.34. The molecule has 0 saturated carbocycles. The molecular formula is C18H33IN4OS. The Morgan fingerprint density at radius 1 is 1.48 bits per heavy atom. The summed E-state index contributed by atoms with van der Waals surface area (Å²) in [5.41, 5.74) is 0. The summed E-state index contributed by atoms with van der Waals surface area (Å²) in [4.78, 5) is 8.70. The van der Waals surface area contributed by atoms with Crippen molar-refractivity contribution in [3.63, 3.8) is 0 Å². The normalized spacial score (nSPS) is 19.5. The Bertz CT molecular complexity index is 483. The molecule has 2 unspecified atom stereocenters. The van der Waals surface area contributed by atoms with E-state index in [1.54, 1.807) is 7.11 Å². The molecule has 1 aromatic heterocycles. The summed E-state index contributed by atoms with van der Waals surface area (Å²) in [6.45, 7) is 10.0. The van der Waals surface area contributed by atoms with Crippen LogP contribution in [0.15, 0.2) is 22.5 Å². The Morgan fingerprint density at radius 2 is 2.32 bits per heavy atom. The van der Waals surface area contributed by atoms with Crippen LogP contribution in [0, 0.1) is 0 Å². The minimum Gasteiger partial charge on any atom is -0.383 e. The Morgan fingerprint density at radius 3 is 3.00 bits per heavy atom. The van der Waals surface area contributed by atoms with Gasteiger partial charge in [0.05, 0.1) is 13.2 Å². The van der Waals surface area contributed by atoms with E-state index < -0.39 is 0 Å². The van der Waals surface area contributed by atoms with Gasteiger partial charge >= 0.3 is 0 Å². The molecule has 2 atom stereocenters. The number of nitrogens with zero attached hydrogens (tertiary/aromatic N) is 2. The zero-order valence-corrected chi connectivity index (χ0v) is 18.8. The molecule has 144 valence electrons. The van der Waals surface area contributed by atoms with Crippen LogP contribution in [0.1, 0.15) is 37.5 Å². The fraction of sp³-hybridized carbons (Fsp3) is 0.722. The smallest absolute Gasteiger partial charge is 0.191 e. The van der Waals surface area contributed by atoms with Crippen molar-refractivity contribution in [2.45, 2.75) is 38.6 Å². The number of ether oxygens (including phenoxy) is 1. The van der Waals surface area contributed by atoms with Gasteiger partial charge < -0.3 is 15.4 Å².